The first-order valence-electron chi connectivity index (χ1n) is 4.73. The van der Waals surface area contributed by atoms with Crippen molar-refractivity contribution in [2.45, 2.75) is 12.2 Å². The Labute approximate surface area is 82.8 Å². The van der Waals surface area contributed by atoms with Gasteiger partial charge in [0.1, 0.15) is 12.2 Å². The van der Waals surface area contributed by atoms with Gasteiger partial charge in [0.25, 0.3) is 0 Å². The highest BCUT2D eigenvalue weighted by atomic mass is 16.6. The summed E-state index contributed by atoms with van der Waals surface area (Å²) in [4.78, 5) is 0. The Bertz CT molecular complexity index is 197. The maximum absolute atomic E-state index is 5.23. The lowest BCUT2D eigenvalue weighted by atomic mass is 10.5. The summed E-state index contributed by atoms with van der Waals surface area (Å²) in [5.41, 5.74) is 0. The van der Waals surface area contributed by atoms with Gasteiger partial charge in [-0.1, -0.05) is 0 Å². The molecule has 1 aromatic heterocycles. The van der Waals surface area contributed by atoms with Gasteiger partial charge in [0.05, 0.1) is 39.0 Å². The fourth-order valence-electron chi connectivity index (χ4n) is 0.886. The summed E-state index contributed by atoms with van der Waals surface area (Å²) in [5, 5.41) is 0. The van der Waals surface area contributed by atoms with Gasteiger partial charge in [-0.3, -0.25) is 0 Å². The van der Waals surface area contributed by atoms with Crippen molar-refractivity contribution < 1.29 is 18.6 Å². The van der Waals surface area contributed by atoms with E-state index in [4.69, 9.17) is 14.2 Å². The topological polar surface area (TPSA) is 47.4 Å². The number of epoxide rings is 2. The van der Waals surface area contributed by atoms with Crippen LogP contribution in [0, 0.1) is 0 Å². The van der Waals surface area contributed by atoms with Crippen LogP contribution in [0.1, 0.15) is 0 Å². The lowest BCUT2D eigenvalue weighted by molar-refractivity contribution is 0.102. The van der Waals surface area contributed by atoms with E-state index in [0.29, 0.717) is 12.2 Å². The Balaban J connectivity index is 0.000000128. The van der Waals surface area contributed by atoms with Crippen LogP contribution < -0.4 is 0 Å². The predicted molar refractivity (Wildman–Crippen MR) is 49.0 cm³/mol. The highest BCUT2D eigenvalue weighted by molar-refractivity contribution is 4.79. The average molecular weight is 198 g/mol. The summed E-state index contributed by atoms with van der Waals surface area (Å²) in [5.74, 6) is 0. The molecule has 2 atom stereocenters. The van der Waals surface area contributed by atoms with Crippen molar-refractivity contribution in [1.29, 1.82) is 0 Å². The van der Waals surface area contributed by atoms with E-state index in [1.807, 2.05) is 12.1 Å². The molecule has 0 aliphatic carbocycles. The minimum absolute atomic E-state index is 0.392. The number of furan rings is 1. The zero-order valence-corrected chi connectivity index (χ0v) is 7.93. The van der Waals surface area contributed by atoms with Crippen LogP contribution in [0.4, 0.5) is 0 Å². The van der Waals surface area contributed by atoms with Gasteiger partial charge in [0.15, 0.2) is 0 Å². The van der Waals surface area contributed by atoms with E-state index in [1.54, 1.807) is 12.5 Å². The first-order chi connectivity index (χ1) is 6.95. The van der Waals surface area contributed by atoms with E-state index in [2.05, 4.69) is 4.42 Å². The molecule has 78 valence electrons. The van der Waals surface area contributed by atoms with Gasteiger partial charge in [-0.25, -0.2) is 0 Å². The van der Waals surface area contributed by atoms with Crippen LogP contribution in [-0.2, 0) is 14.2 Å². The smallest absolute Gasteiger partial charge is 0.104 e. The molecule has 2 fully saturated rings. The third-order valence-corrected chi connectivity index (χ3v) is 1.84. The largest absolute Gasteiger partial charge is 0.473 e. The van der Waals surface area contributed by atoms with Gasteiger partial charge in [0.2, 0.25) is 0 Å². The number of hydrogen-bond acceptors (Lipinski definition) is 4. The molecule has 4 heteroatoms. The van der Waals surface area contributed by atoms with Crippen molar-refractivity contribution in [3.63, 3.8) is 0 Å². The molecular formula is C10H14O4. The zero-order chi connectivity index (χ0) is 9.64. The fraction of sp³-hybridized carbons (Fsp3) is 0.600. The molecule has 0 saturated carbocycles. The Morgan fingerprint density at radius 1 is 1.00 bits per heavy atom. The molecular weight excluding hydrogens is 184 g/mol. The van der Waals surface area contributed by atoms with Gasteiger partial charge in [-0.15, -0.1) is 0 Å². The van der Waals surface area contributed by atoms with Crippen molar-refractivity contribution in [2.24, 2.45) is 0 Å². The molecule has 3 heterocycles. The molecule has 2 unspecified atom stereocenters. The van der Waals surface area contributed by atoms with Crippen LogP contribution in [0.15, 0.2) is 29.1 Å². The molecule has 2 aliphatic rings. The molecule has 0 amide bonds. The predicted octanol–water partition coefficient (Wildman–Crippen LogP) is 1.08. The summed E-state index contributed by atoms with van der Waals surface area (Å²) >= 11 is 0. The molecule has 4 nitrogen and oxygen atoms in total. The van der Waals surface area contributed by atoms with E-state index < -0.39 is 0 Å². The number of hydrogen-bond donors (Lipinski definition) is 0. The molecule has 2 saturated heterocycles. The number of rotatable bonds is 4. The van der Waals surface area contributed by atoms with Crippen molar-refractivity contribution in [2.75, 3.05) is 26.4 Å². The van der Waals surface area contributed by atoms with Crippen molar-refractivity contribution >= 4 is 0 Å². The van der Waals surface area contributed by atoms with Crippen LogP contribution in [-0.4, -0.2) is 38.6 Å². The summed E-state index contributed by atoms with van der Waals surface area (Å²) < 4.78 is 19.7. The van der Waals surface area contributed by atoms with Gasteiger partial charge in [-0.2, -0.15) is 0 Å². The van der Waals surface area contributed by atoms with Gasteiger partial charge >= 0.3 is 0 Å². The molecule has 0 radical (unpaired) electrons. The van der Waals surface area contributed by atoms with Crippen LogP contribution in [0.3, 0.4) is 0 Å². The molecule has 1 aromatic rings. The summed E-state index contributed by atoms with van der Waals surface area (Å²) in [7, 11) is 0. The van der Waals surface area contributed by atoms with Gasteiger partial charge < -0.3 is 18.6 Å². The average Bonchev–Trinajstić information content (AvgIpc) is 3.12. The Hall–Kier alpha value is -0.840. The third kappa shape index (κ3) is 4.41. The van der Waals surface area contributed by atoms with E-state index in [0.717, 1.165) is 26.4 Å². The van der Waals surface area contributed by atoms with Crippen LogP contribution in [0.5, 0.6) is 0 Å². The Morgan fingerprint density at radius 3 is 1.79 bits per heavy atom. The highest BCUT2D eigenvalue weighted by Gasteiger charge is 2.26. The second kappa shape index (κ2) is 5.14. The molecule has 2 aliphatic heterocycles. The molecule has 3 rings (SSSR count). The standard InChI is InChI=1S/C6H10O3.C4H4O/c1(5-3-8-5)7-2-6-4-9-6;1-2-4-5-3-1/h5-6H,1-4H2;1-4H. The Kier molecular flexibility index (Phi) is 3.57. The van der Waals surface area contributed by atoms with Crippen molar-refractivity contribution in [3.05, 3.63) is 24.7 Å². The van der Waals surface area contributed by atoms with E-state index in [1.165, 1.54) is 0 Å². The van der Waals surface area contributed by atoms with Crippen LogP contribution >= 0.6 is 0 Å². The third-order valence-electron chi connectivity index (χ3n) is 1.84. The number of ether oxygens (including phenoxy) is 3. The molecule has 0 aromatic carbocycles. The lowest BCUT2D eigenvalue weighted by Gasteiger charge is -1.95. The quantitative estimate of drug-likeness (QED) is 0.679. The minimum atomic E-state index is 0.392. The van der Waals surface area contributed by atoms with E-state index in [-0.39, 0.29) is 0 Å². The second-order valence-electron chi connectivity index (χ2n) is 3.24. The zero-order valence-electron chi connectivity index (χ0n) is 7.93. The minimum Gasteiger partial charge on any atom is -0.473 e. The maximum Gasteiger partial charge on any atom is 0.104 e. The fourth-order valence-corrected chi connectivity index (χ4v) is 0.886. The van der Waals surface area contributed by atoms with Gasteiger partial charge in [0, 0.05) is 0 Å². The van der Waals surface area contributed by atoms with Crippen molar-refractivity contribution in [3.8, 4) is 0 Å². The summed E-state index contributed by atoms with van der Waals surface area (Å²) in [6.07, 6.45) is 4.03. The molecule has 0 N–H and O–H groups in total. The lowest BCUT2D eigenvalue weighted by Crippen LogP contribution is -2.06. The first-order valence-corrected chi connectivity index (χ1v) is 4.73. The summed E-state index contributed by atoms with van der Waals surface area (Å²) in [6.45, 7) is 3.26. The van der Waals surface area contributed by atoms with Crippen molar-refractivity contribution in [1.82, 2.24) is 0 Å². The highest BCUT2D eigenvalue weighted by Crippen LogP contribution is 2.12. The molecule has 14 heavy (non-hydrogen) atoms. The normalized spacial score (nSPS) is 27.7. The van der Waals surface area contributed by atoms with Crippen LogP contribution in [0.25, 0.3) is 0 Å². The van der Waals surface area contributed by atoms with Crippen LogP contribution in [0.2, 0.25) is 0 Å². The molecule has 0 spiro atoms. The van der Waals surface area contributed by atoms with E-state index in [9.17, 15) is 0 Å². The monoisotopic (exact) mass is 198 g/mol. The summed E-state index contributed by atoms with van der Waals surface area (Å²) in [6, 6.07) is 3.67. The first kappa shape index (κ1) is 9.71. The van der Waals surface area contributed by atoms with Gasteiger partial charge in [-0.05, 0) is 12.1 Å². The Morgan fingerprint density at radius 2 is 1.50 bits per heavy atom. The SMILES string of the molecule is C(OCC1CO1)C1CO1.c1ccoc1. The molecule has 0 bridgehead atoms. The second-order valence-corrected chi connectivity index (χ2v) is 3.24. The maximum atomic E-state index is 5.23. The van der Waals surface area contributed by atoms with E-state index >= 15 is 0 Å².